The summed E-state index contributed by atoms with van der Waals surface area (Å²) in [6.45, 7) is 8.12. The van der Waals surface area contributed by atoms with E-state index in [1.54, 1.807) is 10.9 Å². The third-order valence-corrected chi connectivity index (χ3v) is 7.11. The number of fused-ring (bicyclic) bond motifs is 1. The fourth-order valence-electron chi connectivity index (χ4n) is 4.98. The summed E-state index contributed by atoms with van der Waals surface area (Å²) in [5.74, 6) is -0.151. The minimum atomic E-state index is -0.781. The van der Waals surface area contributed by atoms with Crippen LogP contribution in [0.25, 0.3) is 5.65 Å². The first-order chi connectivity index (χ1) is 17.0. The van der Waals surface area contributed by atoms with Gasteiger partial charge in [0.2, 0.25) is 11.8 Å². The number of aryl methyl sites for hydroxylation is 1. The zero-order chi connectivity index (χ0) is 25.8. The molecule has 1 saturated carbocycles. The number of imidazole rings is 1. The molecular weight excluding hydrogens is 482 g/mol. The number of hydrogen-bond acceptors (Lipinski definition) is 6. The van der Waals surface area contributed by atoms with Crippen molar-refractivity contribution in [3.05, 3.63) is 46.6 Å². The normalized spacial score (nSPS) is 21.2. The van der Waals surface area contributed by atoms with Gasteiger partial charge in [-0.15, -0.1) is 5.10 Å². The summed E-state index contributed by atoms with van der Waals surface area (Å²) >= 11 is 6.14. The summed E-state index contributed by atoms with van der Waals surface area (Å²) in [4.78, 5) is 33.1. The molecule has 11 heteroatoms. The molecule has 2 amide bonds. The Bertz CT molecular complexity index is 1310. The molecule has 4 heterocycles. The summed E-state index contributed by atoms with van der Waals surface area (Å²) in [5, 5.41) is 22.5. The van der Waals surface area contributed by atoms with Crippen LogP contribution in [0, 0.1) is 12.3 Å². The molecule has 36 heavy (non-hydrogen) atoms. The Labute approximate surface area is 214 Å². The first-order valence-corrected chi connectivity index (χ1v) is 12.7. The first kappa shape index (κ1) is 24.7. The molecule has 0 spiro atoms. The second-order valence-electron chi connectivity index (χ2n) is 11.1. The summed E-state index contributed by atoms with van der Waals surface area (Å²) in [6, 6.07) is 0.408. The summed E-state index contributed by atoms with van der Waals surface area (Å²) in [5.41, 5.74) is 2.80. The molecule has 2 unspecified atom stereocenters. The van der Waals surface area contributed by atoms with E-state index in [1.807, 2.05) is 50.6 Å². The van der Waals surface area contributed by atoms with E-state index in [0.717, 1.165) is 29.7 Å². The van der Waals surface area contributed by atoms with Gasteiger partial charge in [-0.1, -0.05) is 37.6 Å². The lowest BCUT2D eigenvalue weighted by atomic mass is 9.85. The molecule has 5 rings (SSSR count). The summed E-state index contributed by atoms with van der Waals surface area (Å²) in [6.07, 6.45) is 7.02. The monoisotopic (exact) mass is 513 g/mol. The van der Waals surface area contributed by atoms with Crippen molar-refractivity contribution in [2.75, 3.05) is 6.54 Å². The quantitative estimate of drug-likeness (QED) is 0.523. The Morgan fingerprint density at radius 1 is 1.25 bits per heavy atom. The molecule has 0 bridgehead atoms. The van der Waals surface area contributed by atoms with Crippen LogP contribution in [-0.2, 0) is 16.1 Å². The number of halogens is 1. The van der Waals surface area contributed by atoms with Gasteiger partial charge in [0.15, 0.2) is 0 Å². The number of aliphatic hydroxyl groups is 1. The van der Waals surface area contributed by atoms with E-state index in [-0.39, 0.29) is 31.3 Å². The van der Waals surface area contributed by atoms with Crippen LogP contribution >= 0.6 is 11.6 Å². The number of nitrogens with one attached hydrogen (secondary N) is 1. The molecule has 1 aliphatic carbocycles. The summed E-state index contributed by atoms with van der Waals surface area (Å²) < 4.78 is 3.45. The molecule has 192 valence electrons. The van der Waals surface area contributed by atoms with E-state index in [1.165, 1.54) is 4.90 Å². The molecule has 2 N–H and O–H groups in total. The molecule has 3 atom stereocenters. The van der Waals surface area contributed by atoms with Crippen LogP contribution < -0.4 is 5.32 Å². The molecule has 3 aromatic heterocycles. The average Bonchev–Trinajstić information content (AvgIpc) is 3.19. The predicted octanol–water partition coefficient (Wildman–Crippen LogP) is 2.63. The smallest absolute Gasteiger partial charge is 0.248 e. The number of pyridine rings is 1. The molecule has 1 aliphatic heterocycles. The lowest BCUT2D eigenvalue weighted by molar-refractivity contribution is -0.144. The van der Waals surface area contributed by atoms with Crippen LogP contribution in [0.3, 0.4) is 0 Å². The lowest BCUT2D eigenvalue weighted by Gasteiger charge is -2.34. The van der Waals surface area contributed by atoms with E-state index < -0.39 is 23.6 Å². The zero-order valence-corrected chi connectivity index (χ0v) is 21.7. The number of amides is 2. The van der Waals surface area contributed by atoms with Gasteiger partial charge in [-0.05, 0) is 36.8 Å². The number of likely N-dealkylation sites (tertiary alicyclic amines) is 1. The van der Waals surface area contributed by atoms with Crippen molar-refractivity contribution >= 4 is 29.1 Å². The zero-order valence-electron chi connectivity index (χ0n) is 21.0. The number of rotatable bonds is 6. The van der Waals surface area contributed by atoms with Gasteiger partial charge in [-0.3, -0.25) is 9.59 Å². The highest BCUT2D eigenvalue weighted by atomic mass is 35.5. The number of hydrogen-bond donors (Lipinski definition) is 2. The van der Waals surface area contributed by atoms with Crippen LogP contribution in [0.4, 0.5) is 0 Å². The Kier molecular flexibility index (Phi) is 6.28. The van der Waals surface area contributed by atoms with E-state index in [2.05, 4.69) is 20.6 Å². The molecule has 2 aliphatic rings. The van der Waals surface area contributed by atoms with Gasteiger partial charge < -0.3 is 19.7 Å². The third kappa shape index (κ3) is 4.84. The number of carbonyl (C=O) groups is 2. The van der Waals surface area contributed by atoms with Crippen molar-refractivity contribution in [3.8, 4) is 0 Å². The number of aromatic nitrogens is 5. The van der Waals surface area contributed by atoms with Crippen LogP contribution in [0.1, 0.15) is 68.9 Å². The second-order valence-corrected chi connectivity index (χ2v) is 11.5. The fraction of sp³-hybridized carbons (Fsp3) is 0.560. The Hall–Kier alpha value is -2.98. The highest BCUT2D eigenvalue weighted by Gasteiger charge is 2.45. The predicted molar refractivity (Wildman–Crippen MR) is 133 cm³/mol. The highest BCUT2D eigenvalue weighted by molar-refractivity contribution is 6.30. The van der Waals surface area contributed by atoms with Gasteiger partial charge >= 0.3 is 0 Å². The number of β-amino-alcohol motifs (C(OH)–C–C–N with tert-alkyl or cyclic N) is 1. The van der Waals surface area contributed by atoms with Crippen LogP contribution in [0.5, 0.6) is 0 Å². The maximum Gasteiger partial charge on any atom is 0.248 e. The molecule has 3 aromatic rings. The maximum atomic E-state index is 13.8. The van der Waals surface area contributed by atoms with Gasteiger partial charge in [-0.2, -0.15) is 0 Å². The fourth-order valence-corrected chi connectivity index (χ4v) is 5.25. The Morgan fingerprint density at radius 2 is 2.00 bits per heavy atom. The first-order valence-electron chi connectivity index (χ1n) is 12.3. The minimum absolute atomic E-state index is 0.0970. The van der Waals surface area contributed by atoms with E-state index >= 15 is 0 Å². The number of carbonyl (C=O) groups excluding carboxylic acids is 2. The molecule has 2 fully saturated rings. The van der Waals surface area contributed by atoms with Crippen molar-refractivity contribution in [1.82, 2.24) is 34.6 Å². The van der Waals surface area contributed by atoms with Crippen LogP contribution in [0.15, 0.2) is 24.7 Å². The van der Waals surface area contributed by atoms with E-state index in [9.17, 15) is 14.7 Å². The second kappa shape index (κ2) is 9.15. The van der Waals surface area contributed by atoms with Gasteiger partial charge in [0.25, 0.3) is 0 Å². The Morgan fingerprint density at radius 3 is 2.69 bits per heavy atom. The molecule has 0 aromatic carbocycles. The van der Waals surface area contributed by atoms with Crippen molar-refractivity contribution in [3.63, 3.8) is 0 Å². The molecule has 0 radical (unpaired) electrons. The maximum absolute atomic E-state index is 13.8. The third-order valence-electron chi connectivity index (χ3n) is 6.90. The van der Waals surface area contributed by atoms with Crippen LogP contribution in [-0.4, -0.2) is 64.9 Å². The number of aliphatic hydroxyl groups excluding tert-OH is 1. The molecule has 10 nitrogen and oxygen atoms in total. The van der Waals surface area contributed by atoms with Gasteiger partial charge in [0.05, 0.1) is 29.1 Å². The topological polar surface area (TPSA) is 118 Å². The number of nitrogens with zero attached hydrogens (tertiary/aromatic N) is 6. The van der Waals surface area contributed by atoms with Crippen molar-refractivity contribution in [2.45, 2.75) is 77.6 Å². The lowest BCUT2D eigenvalue weighted by Crippen LogP contribution is -2.50. The highest BCUT2D eigenvalue weighted by Crippen LogP contribution is 2.40. The summed E-state index contributed by atoms with van der Waals surface area (Å²) in [7, 11) is 0. The molecule has 1 saturated heterocycles. The SMILES string of the molecule is Cc1cc(Cl)cn2cc(CNC(=O)C3CC(O)CN3C(=O)[C@@H](n3cc(C4CC4)nn3)C(C)(C)C)nc12. The van der Waals surface area contributed by atoms with Crippen molar-refractivity contribution < 1.29 is 14.7 Å². The standard InChI is InChI=1S/C25H32ClN7O3/c1-14-7-16(26)10-31-11-17(28-22(14)31)9-27-23(35)20-8-18(34)12-32(20)24(36)21(25(2,3)4)33-13-19(29-30-33)15-5-6-15/h7,10-11,13,15,18,20-21,34H,5-6,8-9,12H2,1-4H3,(H,27,35)/t18?,20?,21-/m1/s1. The van der Waals surface area contributed by atoms with Crippen molar-refractivity contribution in [2.24, 2.45) is 5.41 Å². The Balaban J connectivity index is 1.33. The van der Waals surface area contributed by atoms with E-state index in [4.69, 9.17) is 11.6 Å². The average molecular weight is 514 g/mol. The van der Waals surface area contributed by atoms with Gasteiger partial charge in [0, 0.05) is 37.5 Å². The van der Waals surface area contributed by atoms with Crippen LogP contribution in [0.2, 0.25) is 5.02 Å². The minimum Gasteiger partial charge on any atom is -0.391 e. The van der Waals surface area contributed by atoms with Crippen molar-refractivity contribution in [1.29, 1.82) is 0 Å². The van der Waals surface area contributed by atoms with E-state index in [0.29, 0.717) is 16.6 Å². The molecular formula is C25H32ClN7O3. The largest absolute Gasteiger partial charge is 0.391 e. The van der Waals surface area contributed by atoms with Gasteiger partial charge in [0.1, 0.15) is 17.7 Å². The van der Waals surface area contributed by atoms with Gasteiger partial charge in [-0.25, -0.2) is 9.67 Å².